The Hall–Kier alpha value is -1.02. The van der Waals surface area contributed by atoms with Crippen molar-refractivity contribution in [2.24, 2.45) is 5.73 Å². The highest BCUT2D eigenvalue weighted by atomic mass is 15.1. The summed E-state index contributed by atoms with van der Waals surface area (Å²) in [5.74, 6) is 0. The quantitative estimate of drug-likeness (QED) is 0.699. The Morgan fingerprint density at radius 3 is 2.16 bits per heavy atom. The number of unbranched alkanes of at least 4 members (excludes halogenated alkanes) is 2. The van der Waals surface area contributed by atoms with Crippen molar-refractivity contribution in [3.05, 3.63) is 29.8 Å². The second-order valence-electron chi connectivity index (χ2n) is 5.60. The molecule has 0 radical (unpaired) electrons. The molecule has 108 valence electrons. The number of hydrogen-bond donors (Lipinski definition) is 1. The molecule has 1 rings (SSSR count). The average Bonchev–Trinajstić information content (AvgIpc) is 2.42. The molecule has 1 aromatic rings. The van der Waals surface area contributed by atoms with Gasteiger partial charge in [-0.25, -0.2) is 0 Å². The minimum atomic E-state index is 0.168. The maximum atomic E-state index is 6.06. The lowest BCUT2D eigenvalue weighted by molar-refractivity contribution is 0.625. The number of benzene rings is 1. The van der Waals surface area contributed by atoms with Gasteiger partial charge in [-0.3, -0.25) is 0 Å². The van der Waals surface area contributed by atoms with Crippen molar-refractivity contribution in [3.8, 4) is 0 Å². The van der Waals surface area contributed by atoms with Gasteiger partial charge in [-0.1, -0.05) is 38.8 Å². The van der Waals surface area contributed by atoms with Crippen molar-refractivity contribution in [2.75, 3.05) is 11.4 Å². The van der Waals surface area contributed by atoms with Crippen LogP contribution in [0.25, 0.3) is 0 Å². The lowest BCUT2D eigenvalue weighted by atomic mass is 10.0. The molecular formula is C17H30N2. The van der Waals surface area contributed by atoms with E-state index in [1.54, 1.807) is 0 Å². The summed E-state index contributed by atoms with van der Waals surface area (Å²) in [6.45, 7) is 10.0. The van der Waals surface area contributed by atoms with E-state index in [0.29, 0.717) is 6.04 Å². The number of nitrogens with zero attached hydrogens (tertiary/aromatic N) is 1. The molecule has 0 aromatic heterocycles. The van der Waals surface area contributed by atoms with Gasteiger partial charge in [-0.15, -0.1) is 0 Å². The predicted octanol–water partition coefficient (Wildman–Crippen LogP) is 4.50. The number of nitrogens with two attached hydrogens (primary N) is 1. The molecule has 0 saturated heterocycles. The topological polar surface area (TPSA) is 29.3 Å². The molecule has 0 saturated carbocycles. The fourth-order valence-electron chi connectivity index (χ4n) is 2.37. The molecule has 0 heterocycles. The molecule has 0 spiro atoms. The fraction of sp³-hybridized carbons (Fsp3) is 0.647. The average molecular weight is 262 g/mol. The number of anilines is 1. The summed E-state index contributed by atoms with van der Waals surface area (Å²) in [6.07, 6.45) is 4.84. The molecular weight excluding hydrogens is 232 g/mol. The van der Waals surface area contributed by atoms with Crippen LogP contribution in [0, 0.1) is 0 Å². The molecule has 2 heteroatoms. The Labute approximate surface area is 119 Å². The lowest BCUT2D eigenvalue weighted by Crippen LogP contribution is -2.31. The van der Waals surface area contributed by atoms with Crippen molar-refractivity contribution in [1.82, 2.24) is 0 Å². The molecule has 0 bridgehead atoms. The smallest absolute Gasteiger partial charge is 0.0368 e. The van der Waals surface area contributed by atoms with Crippen LogP contribution >= 0.6 is 0 Å². The standard InChI is InChI=1S/C17H30N2/c1-5-7-8-13-19(14(3)4)16-11-9-15(10-12-16)17(18)6-2/h9-12,14,17H,5-8,13,18H2,1-4H3/t17-/m1/s1. The van der Waals surface area contributed by atoms with Gasteiger partial charge < -0.3 is 10.6 Å². The van der Waals surface area contributed by atoms with Gasteiger partial charge in [0.1, 0.15) is 0 Å². The monoisotopic (exact) mass is 262 g/mol. The maximum Gasteiger partial charge on any atom is 0.0368 e. The van der Waals surface area contributed by atoms with E-state index in [4.69, 9.17) is 5.73 Å². The Morgan fingerprint density at radius 2 is 1.68 bits per heavy atom. The first-order valence-electron chi connectivity index (χ1n) is 7.72. The van der Waals surface area contributed by atoms with Gasteiger partial charge in [-0.2, -0.15) is 0 Å². The van der Waals surface area contributed by atoms with Gasteiger partial charge in [0.05, 0.1) is 0 Å². The van der Waals surface area contributed by atoms with Crippen LogP contribution in [0.15, 0.2) is 24.3 Å². The van der Waals surface area contributed by atoms with Crippen molar-refractivity contribution >= 4 is 5.69 Å². The second-order valence-corrected chi connectivity index (χ2v) is 5.60. The molecule has 1 atom stereocenters. The molecule has 0 amide bonds. The van der Waals surface area contributed by atoms with Crippen LogP contribution in [0.4, 0.5) is 5.69 Å². The van der Waals surface area contributed by atoms with Crippen LogP contribution in [0.3, 0.4) is 0 Å². The van der Waals surface area contributed by atoms with Crippen molar-refractivity contribution in [3.63, 3.8) is 0 Å². The zero-order valence-electron chi connectivity index (χ0n) is 13.0. The summed E-state index contributed by atoms with van der Waals surface area (Å²) in [7, 11) is 0. The van der Waals surface area contributed by atoms with Crippen LogP contribution in [-0.4, -0.2) is 12.6 Å². The van der Waals surface area contributed by atoms with Crippen molar-refractivity contribution < 1.29 is 0 Å². The van der Waals surface area contributed by atoms with Gasteiger partial charge in [0.15, 0.2) is 0 Å². The van der Waals surface area contributed by atoms with Gasteiger partial charge >= 0.3 is 0 Å². The van der Waals surface area contributed by atoms with E-state index in [1.807, 2.05) is 0 Å². The summed E-state index contributed by atoms with van der Waals surface area (Å²) >= 11 is 0. The van der Waals surface area contributed by atoms with Crippen LogP contribution < -0.4 is 10.6 Å². The summed E-state index contributed by atoms with van der Waals surface area (Å²) in [5, 5.41) is 0. The molecule has 0 fully saturated rings. The van der Waals surface area contributed by atoms with Gasteiger partial charge in [-0.05, 0) is 44.4 Å². The second kappa shape index (κ2) is 8.21. The molecule has 2 nitrogen and oxygen atoms in total. The van der Waals surface area contributed by atoms with Crippen LogP contribution in [0.5, 0.6) is 0 Å². The van der Waals surface area contributed by atoms with Gasteiger partial charge in [0, 0.05) is 24.3 Å². The number of hydrogen-bond acceptors (Lipinski definition) is 2. The summed E-state index contributed by atoms with van der Waals surface area (Å²) in [4.78, 5) is 2.48. The summed E-state index contributed by atoms with van der Waals surface area (Å²) in [5.41, 5.74) is 8.62. The van der Waals surface area contributed by atoms with E-state index in [1.165, 1.54) is 30.5 Å². The third-order valence-corrected chi connectivity index (χ3v) is 3.72. The highest BCUT2D eigenvalue weighted by Crippen LogP contribution is 2.22. The maximum absolute atomic E-state index is 6.06. The zero-order valence-corrected chi connectivity index (χ0v) is 13.0. The van der Waals surface area contributed by atoms with E-state index in [9.17, 15) is 0 Å². The largest absolute Gasteiger partial charge is 0.369 e. The molecule has 0 unspecified atom stereocenters. The Balaban J connectivity index is 2.74. The van der Waals surface area contributed by atoms with Crippen LogP contribution in [0.1, 0.15) is 65.0 Å². The molecule has 2 N–H and O–H groups in total. The molecule has 0 aliphatic carbocycles. The Morgan fingerprint density at radius 1 is 1.05 bits per heavy atom. The lowest BCUT2D eigenvalue weighted by Gasteiger charge is -2.29. The zero-order chi connectivity index (χ0) is 14.3. The molecule has 19 heavy (non-hydrogen) atoms. The molecule has 1 aromatic carbocycles. The summed E-state index contributed by atoms with van der Waals surface area (Å²) in [6, 6.07) is 9.51. The Kier molecular flexibility index (Phi) is 6.93. The van der Waals surface area contributed by atoms with E-state index in [-0.39, 0.29) is 6.04 Å². The van der Waals surface area contributed by atoms with E-state index < -0.39 is 0 Å². The Bertz CT molecular complexity index is 343. The number of rotatable bonds is 8. The van der Waals surface area contributed by atoms with Crippen LogP contribution in [-0.2, 0) is 0 Å². The highest BCUT2D eigenvalue weighted by Gasteiger charge is 2.11. The highest BCUT2D eigenvalue weighted by molar-refractivity contribution is 5.48. The first-order chi connectivity index (χ1) is 9.10. The van der Waals surface area contributed by atoms with E-state index in [2.05, 4.69) is 56.9 Å². The minimum absolute atomic E-state index is 0.168. The third kappa shape index (κ3) is 4.87. The van der Waals surface area contributed by atoms with Crippen molar-refractivity contribution in [1.29, 1.82) is 0 Å². The van der Waals surface area contributed by atoms with Crippen molar-refractivity contribution in [2.45, 2.75) is 65.5 Å². The van der Waals surface area contributed by atoms with E-state index in [0.717, 1.165) is 13.0 Å². The van der Waals surface area contributed by atoms with Gasteiger partial charge in [0.25, 0.3) is 0 Å². The van der Waals surface area contributed by atoms with Gasteiger partial charge in [0.2, 0.25) is 0 Å². The predicted molar refractivity (Wildman–Crippen MR) is 85.7 cm³/mol. The normalized spacial score (nSPS) is 12.7. The fourth-order valence-corrected chi connectivity index (χ4v) is 2.37. The third-order valence-electron chi connectivity index (χ3n) is 3.72. The summed E-state index contributed by atoms with van der Waals surface area (Å²) < 4.78 is 0. The first kappa shape index (κ1) is 16.0. The first-order valence-corrected chi connectivity index (χ1v) is 7.72. The molecule has 0 aliphatic heterocycles. The minimum Gasteiger partial charge on any atom is -0.369 e. The van der Waals surface area contributed by atoms with E-state index >= 15 is 0 Å². The molecule has 0 aliphatic rings. The van der Waals surface area contributed by atoms with Crippen LogP contribution in [0.2, 0.25) is 0 Å². The SMILES string of the molecule is CCCCCN(c1ccc([C@H](N)CC)cc1)C(C)C.